The van der Waals surface area contributed by atoms with Crippen LogP contribution in [0.3, 0.4) is 0 Å². The molecule has 3 atom stereocenters. The van der Waals surface area contributed by atoms with Gasteiger partial charge in [0.1, 0.15) is 0 Å². The number of carbonyl (C=O) groups is 1. The molecule has 1 aliphatic heterocycles. The first kappa shape index (κ1) is 13.8. The second-order valence-corrected chi connectivity index (χ2v) is 6.15. The summed E-state index contributed by atoms with van der Waals surface area (Å²) in [5, 5.41) is 0. The summed E-state index contributed by atoms with van der Waals surface area (Å²) in [6, 6.07) is 0.472. The summed E-state index contributed by atoms with van der Waals surface area (Å²) in [5.74, 6) is 0.695. The van der Waals surface area contributed by atoms with E-state index in [9.17, 15) is 4.79 Å². The Labute approximate surface area is 115 Å². The van der Waals surface area contributed by atoms with Gasteiger partial charge in [0.25, 0.3) is 0 Å². The van der Waals surface area contributed by atoms with Gasteiger partial charge in [-0.15, -0.1) is 0 Å². The van der Waals surface area contributed by atoms with Gasteiger partial charge in [0.05, 0.1) is 10.9 Å². The molecule has 0 aromatic rings. The van der Waals surface area contributed by atoms with E-state index >= 15 is 0 Å². The number of likely N-dealkylation sites (tertiary alicyclic amines) is 1. The van der Waals surface area contributed by atoms with Gasteiger partial charge < -0.3 is 10.6 Å². The van der Waals surface area contributed by atoms with Crippen molar-refractivity contribution in [2.45, 2.75) is 57.9 Å². The molecule has 0 radical (unpaired) electrons. The van der Waals surface area contributed by atoms with Gasteiger partial charge >= 0.3 is 0 Å². The first-order chi connectivity index (χ1) is 8.65. The highest BCUT2D eigenvalue weighted by atomic mass is 32.1. The minimum absolute atomic E-state index is 0.193. The second-order valence-electron chi connectivity index (χ2n) is 5.68. The molecule has 2 aliphatic rings. The minimum atomic E-state index is -0.231. The summed E-state index contributed by atoms with van der Waals surface area (Å²) in [7, 11) is 0. The molecule has 1 heterocycles. The molecule has 102 valence electrons. The van der Waals surface area contributed by atoms with Crippen molar-refractivity contribution in [3.63, 3.8) is 0 Å². The van der Waals surface area contributed by atoms with Gasteiger partial charge in [-0.05, 0) is 31.6 Å². The van der Waals surface area contributed by atoms with Gasteiger partial charge in [0.15, 0.2) is 0 Å². The van der Waals surface area contributed by atoms with Crippen molar-refractivity contribution in [1.82, 2.24) is 4.90 Å². The Morgan fingerprint density at radius 1 is 1.39 bits per heavy atom. The highest BCUT2D eigenvalue weighted by molar-refractivity contribution is 7.80. The molecule has 0 aromatic heterocycles. The Morgan fingerprint density at radius 3 is 2.78 bits per heavy atom. The maximum absolute atomic E-state index is 12.6. The molecular weight excluding hydrogens is 244 g/mol. The molecule has 0 bridgehead atoms. The molecule has 3 unspecified atom stereocenters. The van der Waals surface area contributed by atoms with Gasteiger partial charge in [0, 0.05) is 12.6 Å². The third-order valence-corrected chi connectivity index (χ3v) is 4.80. The monoisotopic (exact) mass is 268 g/mol. The number of hydrogen-bond donors (Lipinski definition) is 1. The van der Waals surface area contributed by atoms with E-state index in [2.05, 4.69) is 11.8 Å². The summed E-state index contributed by atoms with van der Waals surface area (Å²) in [6.45, 7) is 2.99. The largest absolute Gasteiger partial charge is 0.393 e. The minimum Gasteiger partial charge on any atom is -0.393 e. The van der Waals surface area contributed by atoms with Gasteiger partial charge in [-0.3, -0.25) is 4.79 Å². The number of carbonyl (C=O) groups excluding carboxylic acids is 1. The molecule has 18 heavy (non-hydrogen) atoms. The van der Waals surface area contributed by atoms with Gasteiger partial charge in [-0.2, -0.15) is 0 Å². The van der Waals surface area contributed by atoms with Crippen molar-refractivity contribution in [2.24, 2.45) is 17.6 Å². The number of hydrogen-bond acceptors (Lipinski definition) is 2. The summed E-state index contributed by atoms with van der Waals surface area (Å²) < 4.78 is 0. The second kappa shape index (κ2) is 6.00. The lowest BCUT2D eigenvalue weighted by Crippen LogP contribution is -2.45. The van der Waals surface area contributed by atoms with Crippen molar-refractivity contribution in [3.8, 4) is 0 Å². The summed E-state index contributed by atoms with van der Waals surface area (Å²) in [5.41, 5.74) is 5.74. The molecule has 2 fully saturated rings. The van der Waals surface area contributed by atoms with Crippen LogP contribution in [0.25, 0.3) is 0 Å². The predicted octanol–water partition coefficient (Wildman–Crippen LogP) is 2.48. The van der Waals surface area contributed by atoms with Crippen LogP contribution in [-0.2, 0) is 4.79 Å². The zero-order valence-corrected chi connectivity index (χ0v) is 12.0. The molecule has 1 saturated carbocycles. The number of nitrogens with two attached hydrogens (primary N) is 1. The number of fused-ring (bicyclic) bond motifs is 1. The van der Waals surface area contributed by atoms with Gasteiger partial charge in [-0.25, -0.2) is 0 Å². The van der Waals surface area contributed by atoms with E-state index < -0.39 is 0 Å². The molecule has 2 rings (SSSR count). The van der Waals surface area contributed by atoms with E-state index in [1.165, 1.54) is 32.1 Å². The van der Waals surface area contributed by atoms with Crippen LogP contribution < -0.4 is 5.73 Å². The Balaban J connectivity index is 2.05. The van der Waals surface area contributed by atoms with Crippen molar-refractivity contribution < 1.29 is 4.79 Å². The van der Waals surface area contributed by atoms with Gasteiger partial charge in [0.2, 0.25) is 5.91 Å². The smallest absolute Gasteiger partial charge is 0.232 e. The third-order valence-electron chi connectivity index (χ3n) is 4.51. The van der Waals surface area contributed by atoms with Crippen molar-refractivity contribution in [3.05, 3.63) is 0 Å². The number of rotatable bonds is 4. The summed E-state index contributed by atoms with van der Waals surface area (Å²) >= 11 is 5.07. The zero-order chi connectivity index (χ0) is 13.1. The molecule has 4 heteroatoms. The van der Waals surface area contributed by atoms with Gasteiger partial charge in [-0.1, -0.05) is 38.4 Å². The molecule has 2 N–H and O–H groups in total. The molecule has 3 nitrogen and oxygen atoms in total. The first-order valence-corrected chi connectivity index (χ1v) is 7.65. The SMILES string of the molecule is CCCC(C(=O)N1CCC2CCCCC21)C(N)=S. The first-order valence-electron chi connectivity index (χ1n) is 7.25. The number of nitrogens with zero attached hydrogens (tertiary/aromatic N) is 1. The molecule has 0 aromatic carbocycles. The highest BCUT2D eigenvalue weighted by Crippen LogP contribution is 2.37. The van der Waals surface area contributed by atoms with Crippen LogP contribution in [0.2, 0.25) is 0 Å². The van der Waals surface area contributed by atoms with E-state index in [4.69, 9.17) is 18.0 Å². The number of thiocarbonyl (C=S) groups is 1. The predicted molar refractivity (Wildman–Crippen MR) is 77.3 cm³/mol. The van der Waals surface area contributed by atoms with Crippen LogP contribution >= 0.6 is 12.2 Å². The fourth-order valence-electron chi connectivity index (χ4n) is 3.56. The number of amides is 1. The molecule has 0 spiro atoms. The van der Waals surface area contributed by atoms with Crippen LogP contribution in [0.4, 0.5) is 0 Å². The summed E-state index contributed by atoms with van der Waals surface area (Å²) in [6.07, 6.45) is 7.98. The lowest BCUT2D eigenvalue weighted by molar-refractivity contribution is -0.135. The quantitative estimate of drug-likeness (QED) is 0.797. The van der Waals surface area contributed by atoms with Crippen LogP contribution in [0.1, 0.15) is 51.9 Å². The fraction of sp³-hybridized carbons (Fsp3) is 0.857. The molecule has 1 saturated heterocycles. The third kappa shape index (κ3) is 2.68. The molecular formula is C14H24N2OS. The maximum Gasteiger partial charge on any atom is 0.232 e. The lowest BCUT2D eigenvalue weighted by atomic mass is 9.85. The van der Waals surface area contributed by atoms with Crippen LogP contribution in [0, 0.1) is 11.8 Å². The molecule has 1 aliphatic carbocycles. The topological polar surface area (TPSA) is 46.3 Å². The average Bonchev–Trinajstić information content (AvgIpc) is 2.78. The van der Waals surface area contributed by atoms with Crippen molar-refractivity contribution in [1.29, 1.82) is 0 Å². The average molecular weight is 268 g/mol. The van der Waals surface area contributed by atoms with Crippen LogP contribution in [0.5, 0.6) is 0 Å². The van der Waals surface area contributed by atoms with Crippen molar-refractivity contribution in [2.75, 3.05) is 6.54 Å². The Bertz CT molecular complexity index is 332. The van der Waals surface area contributed by atoms with Crippen LogP contribution in [0.15, 0.2) is 0 Å². The maximum atomic E-state index is 12.6. The van der Waals surface area contributed by atoms with E-state index in [0.29, 0.717) is 11.0 Å². The highest BCUT2D eigenvalue weighted by Gasteiger charge is 2.40. The van der Waals surface area contributed by atoms with E-state index in [1.807, 2.05) is 0 Å². The normalized spacial score (nSPS) is 28.8. The molecule has 1 amide bonds. The van der Waals surface area contributed by atoms with E-state index in [0.717, 1.165) is 25.3 Å². The van der Waals surface area contributed by atoms with E-state index in [1.54, 1.807) is 0 Å². The Morgan fingerprint density at radius 2 is 2.11 bits per heavy atom. The standard InChI is InChI=1S/C14H24N2OS/c1-2-5-11(13(15)18)14(17)16-9-8-10-6-3-4-7-12(10)16/h10-12H,2-9H2,1H3,(H2,15,18). The zero-order valence-electron chi connectivity index (χ0n) is 11.2. The van der Waals surface area contributed by atoms with E-state index in [-0.39, 0.29) is 11.8 Å². The Hall–Kier alpha value is -0.640. The fourth-order valence-corrected chi connectivity index (χ4v) is 3.77. The Kier molecular flexibility index (Phi) is 4.60. The van der Waals surface area contributed by atoms with Crippen LogP contribution in [-0.4, -0.2) is 28.4 Å². The summed E-state index contributed by atoms with van der Waals surface area (Å²) in [4.78, 5) is 15.1. The lowest BCUT2D eigenvalue weighted by Gasteiger charge is -2.33. The van der Waals surface area contributed by atoms with Crippen molar-refractivity contribution >= 4 is 23.1 Å².